The van der Waals surface area contributed by atoms with Gasteiger partial charge in [-0.2, -0.15) is 0 Å². The Morgan fingerprint density at radius 3 is 2.36 bits per heavy atom. The van der Waals surface area contributed by atoms with Gasteiger partial charge in [-0.15, -0.1) is 0 Å². The molecule has 0 heterocycles. The first-order valence-corrected chi connectivity index (χ1v) is 4.09. The molecule has 0 aliphatic heterocycles. The number of carbonyl (C=O) groups is 1. The van der Waals surface area contributed by atoms with Crippen LogP contribution in [-0.2, 0) is 4.74 Å². The molecule has 0 aliphatic rings. The molecule has 0 saturated heterocycles. The zero-order chi connectivity index (χ0) is 11.0. The Kier molecular flexibility index (Phi) is 6.83. The van der Waals surface area contributed by atoms with Crippen molar-refractivity contribution in [2.75, 3.05) is 7.11 Å². The molecule has 76 valence electrons. The van der Waals surface area contributed by atoms with Gasteiger partial charge in [-0.1, -0.05) is 23.7 Å². The maximum absolute atomic E-state index is 10.9. The number of carbonyl (C=O) groups excluding carboxylic acids is 1. The highest BCUT2D eigenvalue weighted by Crippen LogP contribution is 2.15. The van der Waals surface area contributed by atoms with Crippen LogP contribution in [0.5, 0.6) is 0 Å². The smallest absolute Gasteiger partial charge is 0.432 e. The van der Waals surface area contributed by atoms with Gasteiger partial charge in [0.15, 0.2) is 0 Å². The van der Waals surface area contributed by atoms with Crippen LogP contribution in [0.4, 0.5) is 0 Å². The minimum absolute atomic E-state index is 0.400. The molecular formula is C8H10BClO4. The Balaban J connectivity index is 0.000000500. The van der Waals surface area contributed by atoms with Crippen molar-refractivity contribution in [2.24, 2.45) is 0 Å². The van der Waals surface area contributed by atoms with Gasteiger partial charge >= 0.3 is 13.7 Å². The van der Waals surface area contributed by atoms with E-state index < -0.39 is 13.7 Å². The van der Waals surface area contributed by atoms with Gasteiger partial charge in [0.25, 0.3) is 0 Å². The van der Waals surface area contributed by atoms with Crippen molar-refractivity contribution in [3.63, 3.8) is 0 Å². The Labute approximate surface area is 87.4 Å². The molecule has 14 heavy (non-hydrogen) atoms. The summed E-state index contributed by atoms with van der Waals surface area (Å²) in [5, 5.41) is 14.7. The average Bonchev–Trinajstić information content (AvgIpc) is 2.19. The van der Waals surface area contributed by atoms with Crippen LogP contribution in [0.3, 0.4) is 0 Å². The third kappa shape index (κ3) is 4.27. The fraction of sp³-hybridized carbons (Fsp3) is 0.125. The van der Waals surface area contributed by atoms with Gasteiger partial charge in [0, 0.05) is 0 Å². The number of methoxy groups -OCH3 is 1. The van der Waals surface area contributed by atoms with Crippen molar-refractivity contribution in [1.29, 1.82) is 0 Å². The van der Waals surface area contributed by atoms with Crippen molar-refractivity contribution in [1.82, 2.24) is 0 Å². The van der Waals surface area contributed by atoms with Crippen molar-refractivity contribution < 1.29 is 19.6 Å². The van der Waals surface area contributed by atoms with Crippen molar-refractivity contribution in [3.8, 4) is 0 Å². The van der Waals surface area contributed by atoms with E-state index in [1.54, 1.807) is 24.3 Å². The molecule has 0 spiro atoms. The van der Waals surface area contributed by atoms with Gasteiger partial charge < -0.3 is 14.8 Å². The zero-order valence-corrected chi connectivity index (χ0v) is 8.36. The number of esters is 1. The third-order valence-electron chi connectivity index (χ3n) is 1.28. The summed E-state index contributed by atoms with van der Waals surface area (Å²) in [5.74, 6) is -0.407. The molecular weight excluding hydrogens is 206 g/mol. The van der Waals surface area contributed by atoms with Crippen LogP contribution in [0.15, 0.2) is 24.3 Å². The molecule has 0 radical (unpaired) electrons. The molecule has 1 aromatic rings. The minimum Gasteiger partial charge on any atom is -0.465 e. The van der Waals surface area contributed by atoms with Crippen LogP contribution in [0.25, 0.3) is 0 Å². The summed E-state index contributed by atoms with van der Waals surface area (Å²) < 4.78 is 4.49. The van der Waals surface area contributed by atoms with Gasteiger partial charge in [-0.25, -0.2) is 4.79 Å². The quantitative estimate of drug-likeness (QED) is 0.526. The lowest BCUT2D eigenvalue weighted by molar-refractivity contribution is 0.0601. The normalized spacial score (nSPS) is 8.29. The number of halogens is 1. The van der Waals surface area contributed by atoms with E-state index in [4.69, 9.17) is 21.6 Å². The van der Waals surface area contributed by atoms with E-state index in [0.717, 1.165) is 0 Å². The van der Waals surface area contributed by atoms with Crippen LogP contribution in [0.1, 0.15) is 10.4 Å². The lowest BCUT2D eigenvalue weighted by atomic mass is 10.2. The number of ether oxygens (including phenoxy) is 1. The van der Waals surface area contributed by atoms with Crippen LogP contribution >= 0.6 is 11.6 Å². The number of hydrogen-bond acceptors (Lipinski definition) is 4. The maximum atomic E-state index is 10.9. The predicted molar refractivity (Wildman–Crippen MR) is 54.4 cm³/mol. The lowest BCUT2D eigenvalue weighted by Crippen LogP contribution is -2.01. The lowest BCUT2D eigenvalue weighted by Gasteiger charge is -1.99. The summed E-state index contributed by atoms with van der Waals surface area (Å²) in [5.41, 5.74) is 0.400. The third-order valence-corrected chi connectivity index (χ3v) is 1.61. The Morgan fingerprint density at radius 1 is 1.43 bits per heavy atom. The highest BCUT2D eigenvalue weighted by molar-refractivity contribution is 6.33. The second-order valence-corrected chi connectivity index (χ2v) is 2.52. The number of hydrogen-bond donors (Lipinski definition) is 2. The molecule has 0 bridgehead atoms. The van der Waals surface area contributed by atoms with Gasteiger partial charge in [0.1, 0.15) is 0 Å². The van der Waals surface area contributed by atoms with Crippen LogP contribution in [-0.4, -0.2) is 30.8 Å². The summed E-state index contributed by atoms with van der Waals surface area (Å²) in [7, 11) is 0.575. The molecule has 6 heteroatoms. The summed E-state index contributed by atoms with van der Waals surface area (Å²) in [6, 6.07) is 6.76. The molecule has 0 atom stereocenters. The maximum Gasteiger partial charge on any atom is 0.432 e. The van der Waals surface area contributed by atoms with Crippen LogP contribution in [0.2, 0.25) is 5.02 Å². The Bertz CT molecular complexity index is 292. The highest BCUT2D eigenvalue weighted by atomic mass is 35.5. The second kappa shape index (κ2) is 7.38. The van der Waals surface area contributed by atoms with E-state index in [-0.39, 0.29) is 0 Å². The van der Waals surface area contributed by atoms with E-state index >= 15 is 0 Å². The molecule has 0 unspecified atom stereocenters. The van der Waals surface area contributed by atoms with Gasteiger partial charge in [0.2, 0.25) is 0 Å². The summed E-state index contributed by atoms with van der Waals surface area (Å²) in [4.78, 5) is 10.9. The fourth-order valence-electron chi connectivity index (χ4n) is 0.737. The predicted octanol–water partition coefficient (Wildman–Crippen LogP) is 0.364. The Hall–Kier alpha value is -1.04. The van der Waals surface area contributed by atoms with Crippen LogP contribution < -0.4 is 0 Å². The largest absolute Gasteiger partial charge is 0.465 e. The van der Waals surface area contributed by atoms with E-state index in [2.05, 4.69) is 4.74 Å². The van der Waals surface area contributed by atoms with Crippen molar-refractivity contribution >= 4 is 25.3 Å². The number of benzene rings is 1. The summed E-state index contributed by atoms with van der Waals surface area (Å²) in [6.45, 7) is 0. The first-order chi connectivity index (χ1) is 6.67. The second-order valence-electron chi connectivity index (χ2n) is 2.11. The summed E-state index contributed by atoms with van der Waals surface area (Å²) >= 11 is 5.70. The molecule has 0 aliphatic carbocycles. The molecule has 0 saturated carbocycles. The fourth-order valence-corrected chi connectivity index (χ4v) is 0.950. The zero-order valence-electron chi connectivity index (χ0n) is 7.61. The van der Waals surface area contributed by atoms with Gasteiger partial charge in [-0.05, 0) is 12.1 Å². The first-order valence-electron chi connectivity index (χ1n) is 3.72. The minimum atomic E-state index is -0.750. The van der Waals surface area contributed by atoms with Crippen molar-refractivity contribution in [3.05, 3.63) is 34.9 Å². The average molecular weight is 216 g/mol. The Morgan fingerprint density at radius 2 is 1.93 bits per heavy atom. The molecule has 0 amide bonds. The molecule has 1 aromatic carbocycles. The van der Waals surface area contributed by atoms with Crippen LogP contribution in [0, 0.1) is 0 Å². The van der Waals surface area contributed by atoms with Gasteiger partial charge in [0.05, 0.1) is 17.7 Å². The molecule has 1 rings (SSSR count). The standard InChI is InChI=1S/C8H7ClO2.BH3O2/c1-11-8(10)6-4-2-3-5-7(6)9;2-1-3/h2-5H,1H3;1-3H. The molecule has 2 N–H and O–H groups in total. The van der Waals surface area contributed by atoms with Gasteiger partial charge in [-0.3, -0.25) is 0 Å². The number of rotatable bonds is 1. The monoisotopic (exact) mass is 216 g/mol. The molecule has 0 fully saturated rings. The van der Waals surface area contributed by atoms with E-state index in [1.807, 2.05) is 0 Å². The van der Waals surface area contributed by atoms with E-state index in [0.29, 0.717) is 10.6 Å². The SMILES string of the molecule is COC(=O)c1ccccc1Cl.OBO. The first kappa shape index (κ1) is 13.0. The topological polar surface area (TPSA) is 66.8 Å². The summed E-state index contributed by atoms with van der Waals surface area (Å²) in [6.07, 6.45) is 0. The van der Waals surface area contributed by atoms with E-state index in [1.165, 1.54) is 7.11 Å². The molecule has 0 aromatic heterocycles. The molecule has 4 nitrogen and oxygen atoms in total. The van der Waals surface area contributed by atoms with Crippen molar-refractivity contribution in [2.45, 2.75) is 0 Å². The van der Waals surface area contributed by atoms with E-state index in [9.17, 15) is 4.79 Å². The highest BCUT2D eigenvalue weighted by Gasteiger charge is 2.07.